The Hall–Kier alpha value is -0.620. The molecule has 0 aliphatic carbocycles. The highest BCUT2D eigenvalue weighted by molar-refractivity contribution is 6.31. The van der Waals surface area contributed by atoms with Gasteiger partial charge in [0.1, 0.15) is 0 Å². The molecule has 0 bridgehead atoms. The first-order valence-electron chi connectivity index (χ1n) is 6.86. The maximum Gasteiger partial charge on any atom is 0.0860 e. The van der Waals surface area contributed by atoms with Gasteiger partial charge in [0, 0.05) is 32.7 Å². The summed E-state index contributed by atoms with van der Waals surface area (Å²) in [6.45, 7) is 9.30. The van der Waals surface area contributed by atoms with E-state index in [0.717, 1.165) is 55.7 Å². The molecule has 0 amide bonds. The predicted octanol–water partition coefficient (Wildman–Crippen LogP) is 1.29. The van der Waals surface area contributed by atoms with Gasteiger partial charge < -0.3 is 10.1 Å². The fourth-order valence-electron chi connectivity index (χ4n) is 2.51. The van der Waals surface area contributed by atoms with Crippen LogP contribution >= 0.6 is 11.6 Å². The third-order valence-electron chi connectivity index (χ3n) is 3.48. The van der Waals surface area contributed by atoms with Crippen LogP contribution in [0, 0.1) is 6.92 Å². The van der Waals surface area contributed by atoms with Crippen LogP contribution in [0.2, 0.25) is 5.02 Å². The van der Waals surface area contributed by atoms with Crippen molar-refractivity contribution in [1.29, 1.82) is 0 Å². The van der Waals surface area contributed by atoms with Crippen molar-refractivity contribution >= 4 is 11.6 Å². The van der Waals surface area contributed by atoms with Crippen molar-refractivity contribution in [2.75, 3.05) is 33.3 Å². The normalized spacial score (nSPS) is 20.9. The van der Waals surface area contributed by atoms with Gasteiger partial charge in [0.25, 0.3) is 0 Å². The second-order valence-electron chi connectivity index (χ2n) is 4.95. The molecule has 108 valence electrons. The molecule has 1 fully saturated rings. The van der Waals surface area contributed by atoms with Crippen molar-refractivity contribution in [3.05, 3.63) is 16.4 Å². The van der Waals surface area contributed by atoms with Gasteiger partial charge in [-0.25, -0.2) is 0 Å². The summed E-state index contributed by atoms with van der Waals surface area (Å²) < 4.78 is 7.72. The van der Waals surface area contributed by atoms with E-state index in [9.17, 15) is 0 Å². The van der Waals surface area contributed by atoms with Crippen LogP contribution in [-0.4, -0.2) is 54.1 Å². The number of hydrogen-bond donors (Lipinski definition) is 1. The lowest BCUT2D eigenvalue weighted by Gasteiger charge is -2.32. The molecule has 6 heteroatoms. The van der Waals surface area contributed by atoms with Crippen LogP contribution in [-0.2, 0) is 17.8 Å². The largest absolute Gasteiger partial charge is 0.374 e. The van der Waals surface area contributed by atoms with Crippen molar-refractivity contribution in [1.82, 2.24) is 20.0 Å². The molecule has 2 rings (SSSR count). The van der Waals surface area contributed by atoms with Gasteiger partial charge >= 0.3 is 0 Å². The molecule has 0 saturated carbocycles. The molecule has 1 N–H and O–H groups in total. The first-order valence-corrected chi connectivity index (χ1v) is 7.23. The van der Waals surface area contributed by atoms with Crippen molar-refractivity contribution < 1.29 is 4.74 Å². The van der Waals surface area contributed by atoms with Crippen molar-refractivity contribution in [3.63, 3.8) is 0 Å². The van der Waals surface area contributed by atoms with Gasteiger partial charge in [-0.3, -0.25) is 9.58 Å². The Morgan fingerprint density at radius 1 is 1.53 bits per heavy atom. The second kappa shape index (κ2) is 6.70. The Labute approximate surface area is 119 Å². The van der Waals surface area contributed by atoms with E-state index in [-0.39, 0.29) is 6.10 Å². The van der Waals surface area contributed by atoms with Crippen LogP contribution in [0.15, 0.2) is 0 Å². The van der Waals surface area contributed by atoms with E-state index in [1.165, 1.54) is 0 Å². The third-order valence-corrected chi connectivity index (χ3v) is 3.97. The zero-order valence-corrected chi connectivity index (χ0v) is 12.7. The number of aromatic nitrogens is 2. The first-order chi connectivity index (χ1) is 9.15. The Morgan fingerprint density at radius 2 is 2.32 bits per heavy atom. The molecule has 0 spiro atoms. The van der Waals surface area contributed by atoms with Crippen molar-refractivity contribution in [2.24, 2.45) is 0 Å². The molecule has 0 radical (unpaired) electrons. The maximum absolute atomic E-state index is 6.36. The molecule has 1 aliphatic heterocycles. The zero-order chi connectivity index (χ0) is 13.8. The van der Waals surface area contributed by atoms with E-state index in [4.69, 9.17) is 16.3 Å². The molecule has 1 aromatic heterocycles. The van der Waals surface area contributed by atoms with Gasteiger partial charge in [-0.05, 0) is 20.9 Å². The van der Waals surface area contributed by atoms with Crippen molar-refractivity contribution in [3.8, 4) is 0 Å². The lowest BCUT2D eigenvalue weighted by atomic mass is 10.2. The first kappa shape index (κ1) is 14.8. The number of aryl methyl sites for hydroxylation is 2. The number of nitrogens with zero attached hydrogens (tertiary/aromatic N) is 3. The van der Waals surface area contributed by atoms with Crippen LogP contribution in [0.4, 0.5) is 0 Å². The number of nitrogens with one attached hydrogen (secondary N) is 1. The monoisotopic (exact) mass is 286 g/mol. The Morgan fingerprint density at radius 3 is 3.00 bits per heavy atom. The number of likely N-dealkylation sites (N-methyl/N-ethyl adjacent to an activating group) is 1. The van der Waals surface area contributed by atoms with Gasteiger partial charge in [0.15, 0.2) is 0 Å². The average Bonchev–Trinajstić information content (AvgIpc) is 2.67. The van der Waals surface area contributed by atoms with Crippen molar-refractivity contribution in [2.45, 2.75) is 33.0 Å². The van der Waals surface area contributed by atoms with Gasteiger partial charge in [-0.15, -0.1) is 0 Å². The lowest BCUT2D eigenvalue weighted by molar-refractivity contribution is -0.0298. The Balaban J connectivity index is 2.04. The summed E-state index contributed by atoms with van der Waals surface area (Å²) in [5, 5.41) is 8.43. The van der Waals surface area contributed by atoms with E-state index in [1.807, 2.05) is 18.7 Å². The fourth-order valence-corrected chi connectivity index (χ4v) is 2.70. The summed E-state index contributed by atoms with van der Waals surface area (Å²) in [7, 11) is 1.95. The topological polar surface area (TPSA) is 42.3 Å². The van der Waals surface area contributed by atoms with E-state index in [0.29, 0.717) is 0 Å². The van der Waals surface area contributed by atoms with Gasteiger partial charge in [0.05, 0.1) is 29.1 Å². The molecule has 19 heavy (non-hydrogen) atoms. The highest BCUT2D eigenvalue weighted by Crippen LogP contribution is 2.22. The molecule has 1 atom stereocenters. The second-order valence-corrected chi connectivity index (χ2v) is 5.33. The molecule has 0 aromatic carbocycles. The molecule has 1 unspecified atom stereocenters. The number of morpholine rings is 1. The summed E-state index contributed by atoms with van der Waals surface area (Å²) >= 11 is 6.36. The SMILES string of the molecule is CCn1nc(C)c(Cl)c1CN1CCOC(CNC)C1. The Kier molecular flexibility index (Phi) is 5.21. The predicted molar refractivity (Wildman–Crippen MR) is 76.6 cm³/mol. The third kappa shape index (κ3) is 3.48. The van der Waals surface area contributed by atoms with E-state index >= 15 is 0 Å². The summed E-state index contributed by atoms with van der Waals surface area (Å²) in [5.74, 6) is 0. The summed E-state index contributed by atoms with van der Waals surface area (Å²) in [6, 6.07) is 0. The molecule has 1 aliphatic rings. The number of rotatable bonds is 5. The molecule has 2 heterocycles. The lowest BCUT2D eigenvalue weighted by Crippen LogP contribution is -2.45. The highest BCUT2D eigenvalue weighted by atomic mass is 35.5. The quantitative estimate of drug-likeness (QED) is 0.886. The van der Waals surface area contributed by atoms with Crippen LogP contribution in [0.25, 0.3) is 0 Å². The fraction of sp³-hybridized carbons (Fsp3) is 0.769. The van der Waals surface area contributed by atoms with E-state index in [2.05, 4.69) is 22.2 Å². The van der Waals surface area contributed by atoms with Gasteiger partial charge in [-0.1, -0.05) is 11.6 Å². The van der Waals surface area contributed by atoms with Gasteiger partial charge in [0.2, 0.25) is 0 Å². The minimum Gasteiger partial charge on any atom is -0.374 e. The number of halogens is 1. The van der Waals surface area contributed by atoms with Crippen LogP contribution in [0.3, 0.4) is 0 Å². The van der Waals surface area contributed by atoms with Gasteiger partial charge in [-0.2, -0.15) is 5.10 Å². The minimum absolute atomic E-state index is 0.261. The summed E-state index contributed by atoms with van der Waals surface area (Å²) in [6.07, 6.45) is 0.261. The zero-order valence-electron chi connectivity index (χ0n) is 11.9. The Bertz CT molecular complexity index is 419. The molecular formula is C13H23ClN4O. The highest BCUT2D eigenvalue weighted by Gasteiger charge is 2.22. The van der Waals surface area contributed by atoms with E-state index < -0.39 is 0 Å². The summed E-state index contributed by atoms with van der Waals surface area (Å²) in [4.78, 5) is 2.39. The summed E-state index contributed by atoms with van der Waals surface area (Å²) in [5.41, 5.74) is 2.03. The molecule has 5 nitrogen and oxygen atoms in total. The number of hydrogen-bond acceptors (Lipinski definition) is 4. The number of ether oxygens (including phenoxy) is 1. The van der Waals surface area contributed by atoms with Crippen LogP contribution in [0.1, 0.15) is 18.3 Å². The minimum atomic E-state index is 0.261. The maximum atomic E-state index is 6.36. The molecular weight excluding hydrogens is 264 g/mol. The molecule has 1 saturated heterocycles. The standard InChI is InChI=1S/C13H23ClN4O/c1-4-18-12(13(14)10(2)16-18)9-17-5-6-19-11(8-17)7-15-3/h11,15H,4-9H2,1-3H3. The van der Waals surface area contributed by atoms with E-state index in [1.54, 1.807) is 0 Å². The molecule has 1 aromatic rings. The smallest absolute Gasteiger partial charge is 0.0860 e. The average molecular weight is 287 g/mol. The van der Waals surface area contributed by atoms with Crippen LogP contribution in [0.5, 0.6) is 0 Å². The van der Waals surface area contributed by atoms with Crippen LogP contribution < -0.4 is 5.32 Å².